The average molecular weight is 247 g/mol. The molecule has 1 atom stereocenters. The Kier molecular flexibility index (Phi) is 3.06. The molecular weight excluding hydrogens is 234 g/mol. The molecule has 1 fully saturated rings. The quantitative estimate of drug-likeness (QED) is 0.796. The van der Waals surface area contributed by atoms with Gasteiger partial charge in [-0.2, -0.15) is 0 Å². The summed E-state index contributed by atoms with van der Waals surface area (Å²) in [6.45, 7) is 4.16. The summed E-state index contributed by atoms with van der Waals surface area (Å²) in [6.07, 6.45) is 2.12. The van der Waals surface area contributed by atoms with Gasteiger partial charge in [0.2, 0.25) is 5.91 Å². The van der Waals surface area contributed by atoms with E-state index in [1.54, 1.807) is 6.08 Å². The summed E-state index contributed by atoms with van der Waals surface area (Å²) >= 11 is 0. The van der Waals surface area contributed by atoms with Crippen LogP contribution in [0, 0.1) is 5.92 Å². The minimum absolute atomic E-state index is 0.0534. The Labute approximate surface area is 104 Å². The Morgan fingerprint density at radius 1 is 1.50 bits per heavy atom. The molecule has 5 nitrogen and oxygen atoms in total. The largest absolute Gasteiger partial charge is 0.507 e. The first kappa shape index (κ1) is 12.2. The molecule has 0 spiro atoms. The number of phenols is 1. The fourth-order valence-electron chi connectivity index (χ4n) is 2.01. The van der Waals surface area contributed by atoms with Crippen LogP contribution in [0.15, 0.2) is 30.9 Å². The van der Waals surface area contributed by atoms with Crippen LogP contribution in [0.2, 0.25) is 0 Å². The second kappa shape index (κ2) is 4.52. The second-order valence-electron chi connectivity index (χ2n) is 4.21. The van der Waals surface area contributed by atoms with Crippen LogP contribution in [0.3, 0.4) is 0 Å². The number of aromatic hydroxyl groups is 1. The summed E-state index contributed by atoms with van der Waals surface area (Å²) in [4.78, 5) is 24.0. The predicted octanol–water partition coefficient (Wildman–Crippen LogP) is 1.63. The summed E-state index contributed by atoms with van der Waals surface area (Å²) in [5.41, 5.74) is 0.331. The summed E-state index contributed by atoms with van der Waals surface area (Å²) in [5, 5.41) is 18.4. The van der Waals surface area contributed by atoms with Crippen molar-refractivity contribution in [2.75, 3.05) is 11.4 Å². The van der Waals surface area contributed by atoms with Crippen LogP contribution in [0.25, 0.3) is 0 Å². The molecule has 1 aliphatic heterocycles. The van der Waals surface area contributed by atoms with Crippen molar-refractivity contribution in [2.45, 2.75) is 6.42 Å². The molecule has 1 saturated heterocycles. The first-order valence-corrected chi connectivity index (χ1v) is 5.52. The highest BCUT2D eigenvalue weighted by atomic mass is 16.4. The van der Waals surface area contributed by atoms with Gasteiger partial charge in [0.15, 0.2) is 0 Å². The third-order valence-electron chi connectivity index (χ3n) is 3.01. The standard InChI is InChI=1S/C13H13NO4/c1-2-8-5-12(16)14(7-8)9-3-4-10(13(17)18)11(15)6-9/h2-4,6,8,15H,1,5,7H2,(H,17,18). The van der Waals surface area contributed by atoms with Gasteiger partial charge in [-0.05, 0) is 12.1 Å². The maximum atomic E-state index is 11.8. The van der Waals surface area contributed by atoms with Crippen LogP contribution in [0.5, 0.6) is 5.75 Å². The van der Waals surface area contributed by atoms with Gasteiger partial charge in [0.1, 0.15) is 11.3 Å². The van der Waals surface area contributed by atoms with Gasteiger partial charge in [-0.1, -0.05) is 6.08 Å². The van der Waals surface area contributed by atoms with E-state index in [1.807, 2.05) is 0 Å². The zero-order valence-corrected chi connectivity index (χ0v) is 9.67. The van der Waals surface area contributed by atoms with Crippen molar-refractivity contribution in [3.05, 3.63) is 36.4 Å². The van der Waals surface area contributed by atoms with Gasteiger partial charge >= 0.3 is 5.97 Å². The SMILES string of the molecule is C=CC1CC(=O)N(c2ccc(C(=O)O)c(O)c2)C1. The first-order valence-electron chi connectivity index (χ1n) is 5.52. The average Bonchev–Trinajstić information content (AvgIpc) is 2.70. The lowest BCUT2D eigenvalue weighted by Crippen LogP contribution is -2.24. The number of benzene rings is 1. The lowest BCUT2D eigenvalue weighted by atomic mass is 10.1. The number of hydrogen-bond donors (Lipinski definition) is 2. The highest BCUT2D eigenvalue weighted by molar-refractivity contribution is 5.97. The molecule has 1 aromatic rings. The lowest BCUT2D eigenvalue weighted by molar-refractivity contribution is -0.117. The predicted molar refractivity (Wildman–Crippen MR) is 65.7 cm³/mol. The highest BCUT2D eigenvalue weighted by Crippen LogP contribution is 2.29. The number of carbonyl (C=O) groups is 2. The molecule has 0 saturated carbocycles. The second-order valence-corrected chi connectivity index (χ2v) is 4.21. The molecule has 2 N–H and O–H groups in total. The van der Waals surface area contributed by atoms with Crippen LogP contribution < -0.4 is 4.90 Å². The van der Waals surface area contributed by atoms with Crippen LogP contribution in [0.4, 0.5) is 5.69 Å². The maximum absolute atomic E-state index is 11.8. The fraction of sp³-hybridized carbons (Fsp3) is 0.231. The van der Waals surface area contributed by atoms with Crippen LogP contribution >= 0.6 is 0 Å². The van der Waals surface area contributed by atoms with Gasteiger partial charge in [0.05, 0.1) is 0 Å². The van der Waals surface area contributed by atoms with E-state index >= 15 is 0 Å². The minimum atomic E-state index is -1.20. The van der Waals surface area contributed by atoms with E-state index in [0.29, 0.717) is 18.7 Å². The van der Waals surface area contributed by atoms with E-state index in [2.05, 4.69) is 6.58 Å². The minimum Gasteiger partial charge on any atom is -0.507 e. The Morgan fingerprint density at radius 3 is 2.72 bits per heavy atom. The number of nitrogens with zero attached hydrogens (tertiary/aromatic N) is 1. The van der Waals surface area contributed by atoms with E-state index in [-0.39, 0.29) is 23.1 Å². The van der Waals surface area contributed by atoms with Crippen molar-refractivity contribution in [1.29, 1.82) is 0 Å². The number of carbonyl (C=O) groups excluding carboxylic acids is 1. The topological polar surface area (TPSA) is 77.8 Å². The number of carboxylic acids is 1. The molecule has 0 radical (unpaired) electrons. The third kappa shape index (κ3) is 2.07. The van der Waals surface area contributed by atoms with E-state index in [0.717, 1.165) is 0 Å². The van der Waals surface area contributed by atoms with Gasteiger partial charge < -0.3 is 15.1 Å². The molecule has 1 unspecified atom stereocenters. The molecule has 2 rings (SSSR count). The molecular formula is C13H13NO4. The van der Waals surface area contributed by atoms with Crippen LogP contribution in [-0.4, -0.2) is 28.6 Å². The molecule has 0 bridgehead atoms. The van der Waals surface area contributed by atoms with Crippen molar-refractivity contribution in [1.82, 2.24) is 0 Å². The van der Waals surface area contributed by atoms with Crippen molar-refractivity contribution < 1.29 is 19.8 Å². The third-order valence-corrected chi connectivity index (χ3v) is 3.01. The molecule has 18 heavy (non-hydrogen) atoms. The van der Waals surface area contributed by atoms with Crippen molar-refractivity contribution >= 4 is 17.6 Å². The van der Waals surface area contributed by atoms with Gasteiger partial charge in [0, 0.05) is 30.6 Å². The van der Waals surface area contributed by atoms with Crippen molar-refractivity contribution in [3.8, 4) is 5.75 Å². The fourth-order valence-corrected chi connectivity index (χ4v) is 2.01. The molecule has 1 aliphatic rings. The Bertz CT molecular complexity index is 524. The Hall–Kier alpha value is -2.30. The molecule has 1 aromatic carbocycles. The number of rotatable bonds is 3. The highest BCUT2D eigenvalue weighted by Gasteiger charge is 2.29. The number of amides is 1. The molecule has 5 heteroatoms. The molecule has 1 heterocycles. The van der Waals surface area contributed by atoms with Crippen LogP contribution in [-0.2, 0) is 4.79 Å². The summed E-state index contributed by atoms with van der Waals surface area (Å²) in [7, 11) is 0. The van der Waals surface area contributed by atoms with E-state index in [1.165, 1.54) is 23.1 Å². The first-order chi connectivity index (χ1) is 8.52. The summed E-state index contributed by atoms with van der Waals surface area (Å²) in [5.74, 6) is -1.49. The monoisotopic (exact) mass is 247 g/mol. The van der Waals surface area contributed by atoms with E-state index < -0.39 is 5.97 Å². The zero-order valence-electron chi connectivity index (χ0n) is 9.67. The molecule has 1 amide bonds. The van der Waals surface area contributed by atoms with Gasteiger partial charge in [-0.15, -0.1) is 6.58 Å². The van der Waals surface area contributed by atoms with Gasteiger partial charge in [-0.25, -0.2) is 4.79 Å². The normalized spacial score (nSPS) is 19.0. The summed E-state index contributed by atoms with van der Waals surface area (Å²) < 4.78 is 0. The number of hydrogen-bond acceptors (Lipinski definition) is 3. The Balaban J connectivity index is 2.30. The maximum Gasteiger partial charge on any atom is 0.339 e. The molecule has 0 aromatic heterocycles. The van der Waals surface area contributed by atoms with Crippen molar-refractivity contribution in [2.24, 2.45) is 5.92 Å². The van der Waals surface area contributed by atoms with E-state index in [9.17, 15) is 14.7 Å². The van der Waals surface area contributed by atoms with Crippen molar-refractivity contribution in [3.63, 3.8) is 0 Å². The smallest absolute Gasteiger partial charge is 0.339 e. The molecule has 94 valence electrons. The lowest BCUT2D eigenvalue weighted by Gasteiger charge is -2.16. The number of carboxylic acid groups (broad SMARTS) is 1. The van der Waals surface area contributed by atoms with Crippen LogP contribution in [0.1, 0.15) is 16.8 Å². The zero-order chi connectivity index (χ0) is 13.3. The van der Waals surface area contributed by atoms with E-state index in [4.69, 9.17) is 5.11 Å². The summed E-state index contributed by atoms with van der Waals surface area (Å²) in [6, 6.07) is 4.11. The van der Waals surface area contributed by atoms with Gasteiger partial charge in [0.25, 0.3) is 0 Å². The number of aromatic carboxylic acids is 1. The Morgan fingerprint density at radius 2 is 2.22 bits per heavy atom. The number of anilines is 1. The van der Waals surface area contributed by atoms with Gasteiger partial charge in [-0.3, -0.25) is 4.79 Å². The molecule has 0 aliphatic carbocycles.